The van der Waals surface area contributed by atoms with Crippen molar-refractivity contribution in [3.63, 3.8) is 0 Å². The first kappa shape index (κ1) is 26.4. The van der Waals surface area contributed by atoms with E-state index in [-0.39, 0.29) is 12.5 Å². The number of aliphatic hydroxyl groups is 1. The zero-order valence-electron chi connectivity index (χ0n) is 22.1. The van der Waals surface area contributed by atoms with Gasteiger partial charge >= 0.3 is 5.97 Å². The van der Waals surface area contributed by atoms with E-state index in [1.165, 1.54) is 6.92 Å². The van der Waals surface area contributed by atoms with Crippen LogP contribution < -0.4 is 0 Å². The van der Waals surface area contributed by atoms with Crippen molar-refractivity contribution in [3.05, 3.63) is 101 Å². The molecule has 1 aromatic heterocycles. The maximum atomic E-state index is 12.2. The number of carboxylic acids is 1. The third-order valence-electron chi connectivity index (χ3n) is 7.59. The summed E-state index contributed by atoms with van der Waals surface area (Å²) < 4.78 is 5.66. The van der Waals surface area contributed by atoms with Gasteiger partial charge in [0.15, 0.2) is 5.76 Å². The fourth-order valence-electron chi connectivity index (χ4n) is 5.07. The number of aryl methyl sites for hydroxylation is 1. The zero-order valence-corrected chi connectivity index (χ0v) is 22.1. The molecule has 0 saturated heterocycles. The van der Waals surface area contributed by atoms with Gasteiger partial charge in [-0.05, 0) is 42.0 Å². The van der Waals surface area contributed by atoms with Crippen LogP contribution in [0.25, 0.3) is 22.5 Å². The van der Waals surface area contributed by atoms with E-state index in [0.29, 0.717) is 37.3 Å². The van der Waals surface area contributed by atoms with Gasteiger partial charge in [-0.3, -0.25) is 9.59 Å². The SMILES string of the molecule is CC(=O)N(Cc1ccccc1)CC(O)Cc1c(C)noc1-c1ccc(-c2ccc(C3(C(=O)O)CC3)cc2)cc1. The van der Waals surface area contributed by atoms with Crippen LogP contribution in [0.1, 0.15) is 42.1 Å². The van der Waals surface area contributed by atoms with E-state index < -0.39 is 17.5 Å². The first-order valence-corrected chi connectivity index (χ1v) is 13.1. The van der Waals surface area contributed by atoms with E-state index in [9.17, 15) is 19.8 Å². The lowest BCUT2D eigenvalue weighted by molar-refractivity contribution is -0.140. The molecule has 0 aliphatic heterocycles. The number of carbonyl (C=O) groups excluding carboxylic acids is 1. The number of aromatic nitrogens is 1. The minimum absolute atomic E-state index is 0.0981. The van der Waals surface area contributed by atoms with Crippen molar-refractivity contribution in [2.24, 2.45) is 0 Å². The molecule has 7 nitrogen and oxygen atoms in total. The van der Waals surface area contributed by atoms with Crippen molar-refractivity contribution in [1.82, 2.24) is 10.1 Å². The summed E-state index contributed by atoms with van der Waals surface area (Å²) in [7, 11) is 0. The zero-order chi connectivity index (χ0) is 27.6. The molecule has 39 heavy (non-hydrogen) atoms. The van der Waals surface area contributed by atoms with Gasteiger partial charge in [0.2, 0.25) is 5.91 Å². The van der Waals surface area contributed by atoms with Crippen LogP contribution in [0.3, 0.4) is 0 Å². The molecule has 1 heterocycles. The first-order chi connectivity index (χ1) is 18.8. The van der Waals surface area contributed by atoms with Crippen molar-refractivity contribution < 1.29 is 24.3 Å². The average molecular weight is 525 g/mol. The second kappa shape index (κ2) is 10.9. The lowest BCUT2D eigenvalue weighted by Gasteiger charge is -2.24. The average Bonchev–Trinajstić information content (AvgIpc) is 3.68. The third kappa shape index (κ3) is 5.64. The normalized spacial score (nSPS) is 14.5. The molecular weight excluding hydrogens is 492 g/mol. The molecule has 3 aromatic carbocycles. The van der Waals surface area contributed by atoms with Crippen molar-refractivity contribution in [2.75, 3.05) is 6.54 Å². The molecule has 1 amide bonds. The van der Waals surface area contributed by atoms with Crippen LogP contribution in [0.15, 0.2) is 83.4 Å². The highest BCUT2D eigenvalue weighted by Crippen LogP contribution is 2.48. The van der Waals surface area contributed by atoms with E-state index in [1.54, 1.807) is 4.90 Å². The minimum atomic E-state index is -0.784. The van der Waals surface area contributed by atoms with Crippen LogP contribution in [0.4, 0.5) is 0 Å². The largest absolute Gasteiger partial charge is 0.481 e. The lowest BCUT2D eigenvalue weighted by atomic mass is 9.93. The Labute approximate surface area is 227 Å². The Morgan fingerprint density at radius 2 is 1.54 bits per heavy atom. The second-order valence-corrected chi connectivity index (χ2v) is 10.4. The monoisotopic (exact) mass is 524 g/mol. The molecule has 7 heteroatoms. The van der Waals surface area contributed by atoms with Gasteiger partial charge in [0.05, 0.1) is 17.2 Å². The Kier molecular flexibility index (Phi) is 7.35. The maximum Gasteiger partial charge on any atom is 0.314 e. The van der Waals surface area contributed by atoms with Crippen molar-refractivity contribution >= 4 is 11.9 Å². The summed E-state index contributed by atoms with van der Waals surface area (Å²) >= 11 is 0. The van der Waals surface area contributed by atoms with Crippen molar-refractivity contribution in [3.8, 4) is 22.5 Å². The summed E-state index contributed by atoms with van der Waals surface area (Å²) in [5, 5.41) is 24.6. The number of benzene rings is 3. The number of aliphatic hydroxyl groups excluding tert-OH is 1. The highest BCUT2D eigenvalue weighted by Gasteiger charge is 2.51. The highest BCUT2D eigenvalue weighted by molar-refractivity contribution is 5.85. The predicted molar refractivity (Wildman–Crippen MR) is 148 cm³/mol. The number of aliphatic carboxylic acids is 1. The lowest BCUT2D eigenvalue weighted by Crippen LogP contribution is -2.36. The summed E-state index contributed by atoms with van der Waals surface area (Å²) in [6.07, 6.45) is 0.888. The van der Waals surface area contributed by atoms with E-state index in [2.05, 4.69) is 5.16 Å². The Morgan fingerprint density at radius 3 is 2.10 bits per heavy atom. The van der Waals surface area contributed by atoms with Crippen LogP contribution in [-0.2, 0) is 28.0 Å². The van der Waals surface area contributed by atoms with Crippen LogP contribution in [0, 0.1) is 6.92 Å². The molecule has 4 aromatic rings. The number of carbonyl (C=O) groups is 2. The topological polar surface area (TPSA) is 104 Å². The Hall–Kier alpha value is -4.23. The van der Waals surface area contributed by atoms with Crippen LogP contribution in [0.5, 0.6) is 0 Å². The summed E-state index contributed by atoms with van der Waals surface area (Å²) in [6, 6.07) is 25.3. The van der Waals surface area contributed by atoms with Crippen LogP contribution in [0.2, 0.25) is 0 Å². The van der Waals surface area contributed by atoms with Gasteiger partial charge in [0, 0.05) is 37.6 Å². The fourth-order valence-corrected chi connectivity index (χ4v) is 5.07. The van der Waals surface area contributed by atoms with E-state index >= 15 is 0 Å². The molecule has 2 N–H and O–H groups in total. The molecular formula is C32H32N2O5. The van der Waals surface area contributed by atoms with E-state index in [1.807, 2.05) is 85.8 Å². The standard InChI is InChI=1S/C32H32N2O5/c1-21-29(18-28(36)20-34(22(2)35)19-23-6-4-3-5-7-23)30(39-33-21)26-10-8-24(9-11-26)25-12-14-27(15-13-25)32(16-17-32)31(37)38/h3-15,28,36H,16-20H2,1-2H3,(H,37,38). The number of rotatable bonds is 10. The number of hydrogen-bond acceptors (Lipinski definition) is 5. The fraction of sp³-hybridized carbons (Fsp3) is 0.281. The van der Waals surface area contributed by atoms with Gasteiger partial charge in [0.1, 0.15) is 0 Å². The van der Waals surface area contributed by atoms with E-state index in [4.69, 9.17) is 4.52 Å². The van der Waals surface area contributed by atoms with Gasteiger partial charge in [-0.15, -0.1) is 0 Å². The first-order valence-electron chi connectivity index (χ1n) is 13.1. The highest BCUT2D eigenvalue weighted by atomic mass is 16.5. The Morgan fingerprint density at radius 1 is 0.949 bits per heavy atom. The van der Waals surface area contributed by atoms with Crippen molar-refractivity contribution in [1.29, 1.82) is 0 Å². The predicted octanol–water partition coefficient (Wildman–Crippen LogP) is 5.39. The molecule has 1 fully saturated rings. The third-order valence-corrected chi connectivity index (χ3v) is 7.59. The van der Waals surface area contributed by atoms with Gasteiger partial charge in [-0.25, -0.2) is 0 Å². The molecule has 1 atom stereocenters. The number of carboxylic acid groups (broad SMARTS) is 1. The molecule has 5 rings (SSSR count). The second-order valence-electron chi connectivity index (χ2n) is 10.4. The smallest absolute Gasteiger partial charge is 0.314 e. The summed E-state index contributed by atoms with van der Waals surface area (Å²) in [5.41, 5.74) is 5.50. The van der Waals surface area contributed by atoms with Crippen LogP contribution >= 0.6 is 0 Å². The molecule has 1 aliphatic rings. The Balaban J connectivity index is 1.29. The summed E-state index contributed by atoms with van der Waals surface area (Å²) in [4.78, 5) is 25.5. The molecule has 0 spiro atoms. The van der Waals surface area contributed by atoms with E-state index in [0.717, 1.165) is 33.4 Å². The van der Waals surface area contributed by atoms with Crippen LogP contribution in [-0.4, -0.2) is 44.8 Å². The van der Waals surface area contributed by atoms with Crippen molar-refractivity contribution in [2.45, 2.75) is 51.2 Å². The molecule has 1 saturated carbocycles. The summed E-state index contributed by atoms with van der Waals surface area (Å²) in [5.74, 6) is -0.255. The Bertz CT molecular complexity index is 1450. The quantitative estimate of drug-likeness (QED) is 0.289. The van der Waals surface area contributed by atoms with Gasteiger partial charge in [-0.2, -0.15) is 0 Å². The number of hydrogen-bond donors (Lipinski definition) is 2. The van der Waals surface area contributed by atoms with Gasteiger partial charge in [0.25, 0.3) is 0 Å². The molecule has 0 radical (unpaired) electrons. The number of nitrogens with zero attached hydrogens (tertiary/aromatic N) is 2. The number of amides is 1. The molecule has 200 valence electrons. The summed E-state index contributed by atoms with van der Waals surface area (Å²) in [6.45, 7) is 3.99. The van der Waals surface area contributed by atoms with Gasteiger partial charge < -0.3 is 19.6 Å². The van der Waals surface area contributed by atoms with Gasteiger partial charge in [-0.1, -0.05) is 84.0 Å². The maximum absolute atomic E-state index is 12.2. The molecule has 0 bridgehead atoms. The molecule has 1 aliphatic carbocycles. The molecule has 1 unspecified atom stereocenters. The minimum Gasteiger partial charge on any atom is -0.481 e.